The quantitative estimate of drug-likeness (QED) is 0.425. The molecule has 228 valence electrons. The first-order valence-corrected chi connectivity index (χ1v) is 15.1. The van der Waals surface area contributed by atoms with Crippen LogP contribution in [0.4, 0.5) is 14.9 Å². The van der Waals surface area contributed by atoms with E-state index in [1.54, 1.807) is 20.8 Å². The molecule has 42 heavy (non-hydrogen) atoms. The molecule has 1 saturated heterocycles. The van der Waals surface area contributed by atoms with E-state index in [2.05, 4.69) is 31.1 Å². The van der Waals surface area contributed by atoms with Crippen LogP contribution in [0.5, 0.6) is 0 Å². The number of nitrogens with one attached hydrogen (secondary N) is 1. The van der Waals surface area contributed by atoms with Crippen molar-refractivity contribution in [3.63, 3.8) is 0 Å². The van der Waals surface area contributed by atoms with Crippen LogP contribution in [0, 0.1) is 5.82 Å². The third-order valence-electron chi connectivity index (χ3n) is 7.91. The zero-order chi connectivity index (χ0) is 30.7. The topological polar surface area (TPSA) is 91.8 Å². The van der Waals surface area contributed by atoms with Crippen LogP contribution in [0.1, 0.15) is 104 Å². The second-order valence-electron chi connectivity index (χ2n) is 13.5. The normalized spacial score (nSPS) is 18.8. The number of anilines is 1. The number of likely N-dealkylation sites (tertiary alicyclic amines) is 1. The summed E-state index contributed by atoms with van der Waals surface area (Å²) >= 11 is 0. The maximum Gasteiger partial charge on any atom is 0.410 e. The predicted octanol–water partition coefficient (Wildman–Crippen LogP) is 6.44. The molecular weight excluding hydrogens is 535 g/mol. The summed E-state index contributed by atoms with van der Waals surface area (Å²) in [6, 6.07) is 6.71. The van der Waals surface area contributed by atoms with Crippen molar-refractivity contribution in [2.24, 2.45) is 0 Å². The molecular formula is C33H45FN4O4. The molecule has 1 saturated carbocycles. The fraction of sp³-hybridized carbons (Fsp3) is 0.576. The number of benzene rings is 1. The summed E-state index contributed by atoms with van der Waals surface area (Å²) in [7, 11) is 0. The average molecular weight is 581 g/mol. The molecule has 1 aliphatic heterocycles. The van der Waals surface area contributed by atoms with Crippen LogP contribution in [0.2, 0.25) is 0 Å². The molecule has 0 radical (unpaired) electrons. The summed E-state index contributed by atoms with van der Waals surface area (Å²) in [5, 5.41) is 3.14. The van der Waals surface area contributed by atoms with Gasteiger partial charge in [0, 0.05) is 30.0 Å². The van der Waals surface area contributed by atoms with Crippen molar-refractivity contribution in [1.29, 1.82) is 0 Å². The number of amides is 3. The van der Waals surface area contributed by atoms with E-state index in [0.29, 0.717) is 25.1 Å². The first-order chi connectivity index (χ1) is 19.7. The standard InChI is InChI=1S/C33H45FN4O4/c1-32(2,3)23-14-16-26(17-15-23)38(30(40)27-13-10-18-37(27)31(41)42-33(4,5)6)28(22-19-24(34)21-35-20-22)29(39)36-25-11-8-7-9-12-25/h14-17,19-21,25,27-28H,7-13,18H2,1-6H3,(H,36,39)/t27-,28-/m1/s1. The van der Waals surface area contributed by atoms with Crippen LogP contribution >= 0.6 is 0 Å². The molecule has 1 aromatic carbocycles. The molecule has 0 bridgehead atoms. The molecule has 2 heterocycles. The van der Waals surface area contributed by atoms with Gasteiger partial charge in [-0.15, -0.1) is 0 Å². The Balaban J connectivity index is 1.79. The maximum absolute atomic E-state index is 14.6. The summed E-state index contributed by atoms with van der Waals surface area (Å²) in [5.74, 6) is -1.42. The third kappa shape index (κ3) is 7.66. The summed E-state index contributed by atoms with van der Waals surface area (Å²) in [4.78, 5) is 48.8. The molecule has 2 aromatic rings. The molecule has 2 fully saturated rings. The van der Waals surface area contributed by atoms with Crippen molar-refractivity contribution in [2.45, 2.75) is 116 Å². The van der Waals surface area contributed by atoms with Crippen molar-refractivity contribution in [3.05, 3.63) is 59.7 Å². The Morgan fingerprint density at radius 3 is 2.24 bits per heavy atom. The Bertz CT molecular complexity index is 1260. The summed E-state index contributed by atoms with van der Waals surface area (Å²) in [6.45, 7) is 12.0. The molecule has 4 rings (SSSR count). The van der Waals surface area contributed by atoms with Crippen molar-refractivity contribution >= 4 is 23.6 Å². The Labute approximate surface area is 249 Å². The van der Waals surface area contributed by atoms with Gasteiger partial charge in [-0.2, -0.15) is 0 Å². The minimum atomic E-state index is -1.19. The zero-order valence-electron chi connectivity index (χ0n) is 25.8. The number of hydrogen-bond acceptors (Lipinski definition) is 5. The molecule has 2 aliphatic rings. The van der Waals surface area contributed by atoms with Crippen molar-refractivity contribution < 1.29 is 23.5 Å². The Hall–Kier alpha value is -3.49. The molecule has 0 unspecified atom stereocenters. The number of carbonyl (C=O) groups is 3. The number of carbonyl (C=O) groups excluding carboxylic acids is 3. The number of ether oxygens (including phenoxy) is 1. The lowest BCUT2D eigenvalue weighted by molar-refractivity contribution is -0.129. The van der Waals surface area contributed by atoms with E-state index in [1.165, 1.54) is 22.1 Å². The van der Waals surface area contributed by atoms with E-state index in [-0.39, 0.29) is 17.0 Å². The first-order valence-electron chi connectivity index (χ1n) is 15.1. The predicted molar refractivity (Wildman–Crippen MR) is 161 cm³/mol. The maximum atomic E-state index is 14.6. The van der Waals surface area contributed by atoms with Crippen molar-refractivity contribution in [3.8, 4) is 0 Å². The van der Waals surface area contributed by atoms with Crippen molar-refractivity contribution in [1.82, 2.24) is 15.2 Å². The van der Waals surface area contributed by atoms with Gasteiger partial charge >= 0.3 is 6.09 Å². The number of hydrogen-bond donors (Lipinski definition) is 1. The smallest absolute Gasteiger partial charge is 0.410 e. The van der Waals surface area contributed by atoms with Crippen LogP contribution in [0.25, 0.3) is 0 Å². The molecule has 9 heteroatoms. The van der Waals surface area contributed by atoms with E-state index in [1.807, 2.05) is 24.3 Å². The molecule has 0 spiro atoms. The van der Waals surface area contributed by atoms with Gasteiger partial charge in [0.2, 0.25) is 5.91 Å². The van der Waals surface area contributed by atoms with E-state index in [9.17, 15) is 18.8 Å². The second kappa shape index (κ2) is 12.8. The van der Waals surface area contributed by atoms with Gasteiger partial charge in [0.15, 0.2) is 0 Å². The molecule has 1 aromatic heterocycles. The monoisotopic (exact) mass is 580 g/mol. The highest BCUT2D eigenvalue weighted by atomic mass is 19.1. The van der Waals surface area contributed by atoms with Gasteiger partial charge in [-0.3, -0.25) is 24.4 Å². The number of halogens is 1. The lowest BCUT2D eigenvalue weighted by Crippen LogP contribution is -2.53. The van der Waals surface area contributed by atoms with Gasteiger partial charge in [-0.1, -0.05) is 52.2 Å². The van der Waals surface area contributed by atoms with E-state index < -0.39 is 41.4 Å². The highest BCUT2D eigenvalue weighted by Gasteiger charge is 2.43. The van der Waals surface area contributed by atoms with Gasteiger partial charge < -0.3 is 10.1 Å². The van der Waals surface area contributed by atoms with Crippen LogP contribution in [0.3, 0.4) is 0 Å². The Morgan fingerprint density at radius 2 is 1.64 bits per heavy atom. The van der Waals surface area contributed by atoms with E-state index in [0.717, 1.165) is 43.9 Å². The molecule has 8 nitrogen and oxygen atoms in total. The molecule has 3 amide bonds. The Morgan fingerprint density at radius 1 is 0.976 bits per heavy atom. The minimum absolute atomic E-state index is 0.0276. The second-order valence-corrected chi connectivity index (χ2v) is 13.5. The van der Waals surface area contributed by atoms with Crippen LogP contribution < -0.4 is 10.2 Å². The third-order valence-corrected chi connectivity index (χ3v) is 7.91. The van der Waals surface area contributed by atoms with Crippen molar-refractivity contribution in [2.75, 3.05) is 11.4 Å². The summed E-state index contributed by atoms with van der Waals surface area (Å²) < 4.78 is 20.2. The lowest BCUT2D eigenvalue weighted by Gasteiger charge is -2.37. The van der Waals surface area contributed by atoms with Crippen LogP contribution in [0.15, 0.2) is 42.7 Å². The minimum Gasteiger partial charge on any atom is -0.444 e. The largest absolute Gasteiger partial charge is 0.444 e. The zero-order valence-corrected chi connectivity index (χ0v) is 25.8. The molecule has 1 aliphatic carbocycles. The van der Waals surface area contributed by atoms with Gasteiger partial charge in [-0.25, -0.2) is 9.18 Å². The van der Waals surface area contributed by atoms with Gasteiger partial charge in [0.1, 0.15) is 23.5 Å². The highest BCUT2D eigenvalue weighted by molar-refractivity contribution is 6.04. The van der Waals surface area contributed by atoms with E-state index >= 15 is 0 Å². The van der Waals surface area contributed by atoms with Gasteiger partial charge in [0.05, 0.1) is 6.20 Å². The highest BCUT2D eigenvalue weighted by Crippen LogP contribution is 2.34. The first kappa shape index (κ1) is 31.4. The number of rotatable bonds is 6. The Kier molecular flexibility index (Phi) is 9.58. The molecule has 1 N–H and O–H groups in total. The van der Waals surface area contributed by atoms with Crippen LogP contribution in [-0.4, -0.2) is 52.0 Å². The van der Waals surface area contributed by atoms with Crippen LogP contribution in [-0.2, 0) is 19.7 Å². The SMILES string of the molecule is CC(C)(C)OC(=O)N1CCC[C@@H]1C(=O)N(c1ccc(C(C)(C)C)cc1)[C@@H](C(=O)NC1CCCCC1)c1cncc(F)c1. The number of nitrogens with zero attached hydrogens (tertiary/aromatic N) is 3. The fourth-order valence-corrected chi connectivity index (χ4v) is 5.77. The number of pyridine rings is 1. The molecule has 2 atom stereocenters. The lowest BCUT2D eigenvalue weighted by atomic mass is 9.87. The van der Waals surface area contributed by atoms with Gasteiger partial charge in [0.25, 0.3) is 5.91 Å². The van der Waals surface area contributed by atoms with Gasteiger partial charge in [-0.05, 0) is 75.6 Å². The summed E-state index contributed by atoms with van der Waals surface area (Å²) in [5.41, 5.74) is 0.947. The average Bonchev–Trinajstić information content (AvgIpc) is 3.41. The summed E-state index contributed by atoms with van der Waals surface area (Å²) in [6.07, 6.45) is 7.82. The number of aromatic nitrogens is 1. The van der Waals surface area contributed by atoms with E-state index in [4.69, 9.17) is 4.74 Å². The fourth-order valence-electron chi connectivity index (χ4n) is 5.77.